The molecular weight excluding hydrogens is 571 g/mol. The van der Waals surface area contributed by atoms with Gasteiger partial charge in [0.2, 0.25) is 11.9 Å². The molecule has 0 bridgehead atoms. The number of aliphatic hydroxyl groups is 1. The van der Waals surface area contributed by atoms with E-state index in [0.717, 1.165) is 19.6 Å². The van der Waals surface area contributed by atoms with Crippen molar-refractivity contribution in [1.29, 1.82) is 0 Å². The Bertz CT molecular complexity index is 1460. The number of anilines is 1. The second-order valence-electron chi connectivity index (χ2n) is 9.72. The van der Waals surface area contributed by atoms with Crippen molar-refractivity contribution in [2.75, 3.05) is 58.9 Å². The summed E-state index contributed by atoms with van der Waals surface area (Å²) in [4.78, 5) is 39.0. The third kappa shape index (κ3) is 6.59. The molecule has 0 aliphatic carbocycles. The fourth-order valence-corrected chi connectivity index (χ4v) is 5.48. The minimum absolute atomic E-state index is 0.0643. The number of aromatic nitrogens is 3. The number of carbonyl (C=O) groups excluding carboxylic acids is 1. The van der Waals surface area contributed by atoms with Crippen LogP contribution >= 0.6 is 23.2 Å². The predicted molar refractivity (Wildman–Crippen MR) is 160 cm³/mol. The number of amides is 1. The van der Waals surface area contributed by atoms with Gasteiger partial charge in [-0.2, -0.15) is 4.98 Å². The lowest BCUT2D eigenvalue weighted by Gasteiger charge is -2.34. The third-order valence-corrected chi connectivity index (χ3v) is 7.78. The summed E-state index contributed by atoms with van der Waals surface area (Å²) in [6.07, 6.45) is 3.60. The van der Waals surface area contributed by atoms with Crippen LogP contribution < -0.4 is 20.3 Å². The highest BCUT2D eigenvalue weighted by Gasteiger charge is 2.24. The zero-order valence-corrected chi connectivity index (χ0v) is 24.8. The monoisotopic (exact) mass is 604 g/mol. The van der Waals surface area contributed by atoms with Crippen LogP contribution in [-0.4, -0.2) is 94.9 Å². The van der Waals surface area contributed by atoms with E-state index in [4.69, 9.17) is 32.7 Å². The molecule has 1 aliphatic rings. The molecule has 4 rings (SSSR count). The van der Waals surface area contributed by atoms with Crippen LogP contribution in [0, 0.1) is 0 Å². The minimum Gasteiger partial charge on any atom is -0.495 e. The number of ether oxygens (including phenoxy) is 2. The number of hydrogen-bond donors (Lipinski definition) is 2. The first-order valence-electron chi connectivity index (χ1n) is 13.2. The summed E-state index contributed by atoms with van der Waals surface area (Å²) in [7, 11) is 2.94. The number of methoxy groups -OCH3 is 2. The molecule has 0 spiro atoms. The van der Waals surface area contributed by atoms with Crippen molar-refractivity contribution in [3.8, 4) is 22.6 Å². The molecule has 2 N–H and O–H groups in total. The van der Waals surface area contributed by atoms with E-state index in [1.54, 1.807) is 34.7 Å². The lowest BCUT2D eigenvalue weighted by molar-refractivity contribution is -0.127. The molecule has 3 heterocycles. The summed E-state index contributed by atoms with van der Waals surface area (Å²) in [6.45, 7) is 9.06. The molecule has 1 aromatic carbocycles. The van der Waals surface area contributed by atoms with Gasteiger partial charge in [-0.25, -0.2) is 4.98 Å². The highest BCUT2D eigenvalue weighted by atomic mass is 35.5. The molecule has 1 atom stereocenters. The molecule has 11 nitrogen and oxygen atoms in total. The van der Waals surface area contributed by atoms with Gasteiger partial charge in [0.25, 0.3) is 5.56 Å². The van der Waals surface area contributed by atoms with Crippen LogP contribution in [-0.2, 0) is 11.3 Å². The zero-order chi connectivity index (χ0) is 29.7. The number of fused-ring (bicyclic) bond motifs is 1. The van der Waals surface area contributed by atoms with E-state index in [1.807, 2.05) is 0 Å². The number of aliphatic hydroxyl groups excluding tert-OH is 1. The van der Waals surface area contributed by atoms with Gasteiger partial charge in [-0.3, -0.25) is 19.1 Å². The Hall–Kier alpha value is -3.38. The molecule has 41 heavy (non-hydrogen) atoms. The van der Waals surface area contributed by atoms with E-state index in [0.29, 0.717) is 60.1 Å². The number of carbonyl (C=O) groups is 1. The smallest absolute Gasteiger partial charge is 0.260 e. The molecule has 0 radical (unpaired) electrons. The molecule has 1 fully saturated rings. The van der Waals surface area contributed by atoms with Crippen molar-refractivity contribution in [1.82, 2.24) is 24.3 Å². The van der Waals surface area contributed by atoms with Gasteiger partial charge in [-0.1, -0.05) is 29.8 Å². The van der Waals surface area contributed by atoms with Crippen LogP contribution in [0.1, 0.15) is 13.3 Å². The zero-order valence-electron chi connectivity index (χ0n) is 23.3. The van der Waals surface area contributed by atoms with Crippen LogP contribution in [0.15, 0.2) is 35.8 Å². The maximum atomic E-state index is 14.1. The van der Waals surface area contributed by atoms with Crippen molar-refractivity contribution in [3.05, 3.63) is 51.4 Å². The highest BCUT2D eigenvalue weighted by molar-refractivity contribution is 6.41. The first-order chi connectivity index (χ1) is 19.7. The summed E-state index contributed by atoms with van der Waals surface area (Å²) in [5.74, 6) is 0.862. The fraction of sp³-hybridized carbons (Fsp3) is 0.429. The standard InChI is InChI=1S/C28H34Cl2N6O5/c1-5-22(38)35-11-9-34(10-12-35)7-6-8-36-26-18(15-31-28(33-26)32-17(2)16-37)13-19(27(36)39)23-24(29)20(40-3)14-21(41-4)25(23)30/h5,13-15,17,37H,1,6-12,16H2,2-4H3,(H,31,32,33)/t17-/m0/s1. The van der Waals surface area contributed by atoms with Crippen LogP contribution in [0.3, 0.4) is 0 Å². The number of halogens is 2. The van der Waals surface area contributed by atoms with Crippen LogP contribution in [0.25, 0.3) is 22.2 Å². The number of hydrogen-bond acceptors (Lipinski definition) is 9. The maximum absolute atomic E-state index is 14.1. The largest absolute Gasteiger partial charge is 0.495 e. The SMILES string of the molecule is C=CC(=O)N1CCN(CCCn2c(=O)c(-c3c(Cl)c(OC)cc(OC)c3Cl)cc3cnc(N[C@@H](C)CO)nc32)CC1. The summed E-state index contributed by atoms with van der Waals surface area (Å²) in [6, 6.07) is 2.95. The van der Waals surface area contributed by atoms with Gasteiger partial charge in [0, 0.05) is 62.0 Å². The van der Waals surface area contributed by atoms with E-state index < -0.39 is 0 Å². The topological polar surface area (TPSA) is 122 Å². The molecule has 3 aromatic rings. The normalized spacial score (nSPS) is 14.6. The van der Waals surface area contributed by atoms with Gasteiger partial charge in [0.15, 0.2) is 0 Å². The molecule has 1 amide bonds. The van der Waals surface area contributed by atoms with Gasteiger partial charge < -0.3 is 24.8 Å². The van der Waals surface area contributed by atoms with Gasteiger partial charge in [0.05, 0.1) is 36.4 Å². The van der Waals surface area contributed by atoms with Crippen molar-refractivity contribution in [2.24, 2.45) is 0 Å². The molecule has 0 unspecified atom stereocenters. The number of aryl methyl sites for hydroxylation is 1. The second kappa shape index (κ2) is 13.5. The van der Waals surface area contributed by atoms with E-state index >= 15 is 0 Å². The van der Waals surface area contributed by atoms with Crippen molar-refractivity contribution in [3.63, 3.8) is 0 Å². The minimum atomic E-state index is -0.335. The van der Waals surface area contributed by atoms with Crippen molar-refractivity contribution in [2.45, 2.75) is 25.9 Å². The molecule has 1 aliphatic heterocycles. The quantitative estimate of drug-likeness (QED) is 0.317. The first-order valence-corrected chi connectivity index (χ1v) is 14.0. The Labute approximate surface area is 248 Å². The third-order valence-electron chi connectivity index (χ3n) is 7.03. The van der Waals surface area contributed by atoms with E-state index in [9.17, 15) is 14.7 Å². The Kier molecular flexibility index (Phi) is 10.1. The number of pyridine rings is 1. The van der Waals surface area contributed by atoms with Crippen molar-refractivity contribution < 1.29 is 19.4 Å². The number of rotatable bonds is 11. The molecule has 220 valence electrons. The summed E-state index contributed by atoms with van der Waals surface area (Å²) >= 11 is 13.4. The van der Waals surface area contributed by atoms with Gasteiger partial charge in [-0.15, -0.1) is 0 Å². The number of piperazine rings is 1. The summed E-state index contributed by atoms with van der Waals surface area (Å²) < 4.78 is 12.4. The van der Waals surface area contributed by atoms with E-state index in [-0.39, 0.29) is 39.7 Å². The average Bonchev–Trinajstić information content (AvgIpc) is 2.98. The maximum Gasteiger partial charge on any atom is 0.260 e. The molecule has 13 heteroatoms. The lowest BCUT2D eigenvalue weighted by atomic mass is 10.0. The molecule has 2 aromatic heterocycles. The van der Waals surface area contributed by atoms with E-state index in [1.165, 1.54) is 20.3 Å². The molecule has 0 saturated carbocycles. The predicted octanol–water partition coefficient (Wildman–Crippen LogP) is 3.30. The summed E-state index contributed by atoms with van der Waals surface area (Å²) in [5.41, 5.74) is 0.654. The lowest BCUT2D eigenvalue weighted by Crippen LogP contribution is -2.48. The van der Waals surface area contributed by atoms with Gasteiger partial charge >= 0.3 is 0 Å². The summed E-state index contributed by atoms with van der Waals surface area (Å²) in [5, 5.41) is 13.5. The first kappa shape index (κ1) is 30.6. The molecule has 1 saturated heterocycles. The number of nitrogens with one attached hydrogen (secondary N) is 1. The van der Waals surface area contributed by atoms with Gasteiger partial charge in [0.1, 0.15) is 17.1 Å². The average molecular weight is 606 g/mol. The Balaban J connectivity index is 1.73. The van der Waals surface area contributed by atoms with Crippen LogP contribution in [0.4, 0.5) is 5.95 Å². The number of benzene rings is 1. The number of nitrogens with zero attached hydrogens (tertiary/aromatic N) is 5. The second-order valence-corrected chi connectivity index (χ2v) is 10.5. The Morgan fingerprint density at radius 3 is 2.39 bits per heavy atom. The fourth-order valence-electron chi connectivity index (χ4n) is 4.78. The Morgan fingerprint density at radius 1 is 1.15 bits per heavy atom. The van der Waals surface area contributed by atoms with Gasteiger partial charge in [-0.05, 0) is 32.0 Å². The highest BCUT2D eigenvalue weighted by Crippen LogP contribution is 2.45. The van der Waals surface area contributed by atoms with E-state index in [2.05, 4.69) is 26.8 Å². The van der Waals surface area contributed by atoms with Crippen molar-refractivity contribution >= 4 is 46.1 Å². The molecular formula is C28H34Cl2N6O5. The van der Waals surface area contributed by atoms with Crippen LogP contribution in [0.2, 0.25) is 10.0 Å². The Morgan fingerprint density at radius 2 is 1.80 bits per heavy atom. The van der Waals surface area contributed by atoms with Crippen LogP contribution in [0.5, 0.6) is 11.5 Å².